The Balaban J connectivity index is 2.12. The highest BCUT2D eigenvalue weighted by atomic mass is 16.5. The van der Waals surface area contributed by atoms with Crippen molar-refractivity contribution in [3.63, 3.8) is 0 Å². The van der Waals surface area contributed by atoms with Crippen LogP contribution in [-0.4, -0.2) is 22.8 Å². The fourth-order valence-corrected chi connectivity index (χ4v) is 3.19. The molecule has 0 aliphatic heterocycles. The fourth-order valence-electron chi connectivity index (χ4n) is 3.19. The minimum absolute atomic E-state index is 0.170. The Morgan fingerprint density at radius 2 is 1.90 bits per heavy atom. The topological polar surface area (TPSA) is 74.2 Å². The molecule has 1 heterocycles. The van der Waals surface area contributed by atoms with Crippen molar-refractivity contribution in [3.05, 3.63) is 11.7 Å². The van der Waals surface area contributed by atoms with Crippen LogP contribution >= 0.6 is 0 Å². The maximum atomic E-state index is 6.45. The molecule has 1 aliphatic rings. The molecule has 1 aliphatic carbocycles. The van der Waals surface area contributed by atoms with Gasteiger partial charge in [-0.1, -0.05) is 38.3 Å². The summed E-state index contributed by atoms with van der Waals surface area (Å²) < 4.78 is 11.1. The Morgan fingerprint density at radius 3 is 2.45 bits per heavy atom. The second-order valence-corrected chi connectivity index (χ2v) is 6.02. The highest BCUT2D eigenvalue weighted by molar-refractivity contribution is 5.03. The van der Waals surface area contributed by atoms with Gasteiger partial charge < -0.3 is 15.0 Å². The van der Waals surface area contributed by atoms with Crippen molar-refractivity contribution in [1.29, 1.82) is 0 Å². The molecule has 0 atom stereocenters. The molecule has 114 valence electrons. The summed E-state index contributed by atoms with van der Waals surface area (Å²) in [5.74, 6) is 1.30. The Bertz CT molecular complexity index is 412. The zero-order valence-corrected chi connectivity index (χ0v) is 12.9. The van der Waals surface area contributed by atoms with Gasteiger partial charge in [-0.3, -0.25) is 0 Å². The van der Waals surface area contributed by atoms with Crippen molar-refractivity contribution >= 4 is 0 Å². The lowest BCUT2D eigenvalue weighted by Gasteiger charge is -2.32. The van der Waals surface area contributed by atoms with Crippen LogP contribution in [0.5, 0.6) is 0 Å². The quantitative estimate of drug-likeness (QED) is 0.867. The Morgan fingerprint density at radius 1 is 1.25 bits per heavy atom. The predicted octanol–water partition coefficient (Wildman–Crippen LogP) is 2.94. The number of hydrogen-bond donors (Lipinski definition) is 1. The van der Waals surface area contributed by atoms with Gasteiger partial charge in [0.1, 0.15) is 5.60 Å². The summed E-state index contributed by atoms with van der Waals surface area (Å²) in [6.07, 6.45) is 8.09. The van der Waals surface area contributed by atoms with Crippen LogP contribution < -0.4 is 5.73 Å². The Hall–Kier alpha value is -0.940. The summed E-state index contributed by atoms with van der Waals surface area (Å²) in [4.78, 5) is 4.55. The number of nitrogens with zero attached hydrogens (tertiary/aromatic N) is 2. The van der Waals surface area contributed by atoms with Crippen LogP contribution in [0.15, 0.2) is 4.52 Å². The summed E-state index contributed by atoms with van der Waals surface area (Å²) >= 11 is 0. The number of hydrogen-bond acceptors (Lipinski definition) is 5. The van der Waals surface area contributed by atoms with E-state index >= 15 is 0 Å². The van der Waals surface area contributed by atoms with Gasteiger partial charge in [0.15, 0.2) is 0 Å². The van der Waals surface area contributed by atoms with E-state index in [0.717, 1.165) is 25.7 Å². The third-order valence-corrected chi connectivity index (χ3v) is 4.76. The van der Waals surface area contributed by atoms with Gasteiger partial charge in [0.05, 0.1) is 0 Å². The van der Waals surface area contributed by atoms with Crippen molar-refractivity contribution in [2.75, 3.05) is 7.11 Å². The van der Waals surface area contributed by atoms with Gasteiger partial charge in [0, 0.05) is 19.1 Å². The van der Waals surface area contributed by atoms with Gasteiger partial charge in [-0.05, 0) is 25.7 Å². The van der Waals surface area contributed by atoms with Crippen molar-refractivity contribution in [2.45, 2.75) is 76.4 Å². The van der Waals surface area contributed by atoms with E-state index in [9.17, 15) is 0 Å². The number of nitrogens with two attached hydrogens (primary N) is 1. The average molecular weight is 281 g/mol. The molecular formula is C15H27N3O2. The van der Waals surface area contributed by atoms with Crippen molar-refractivity contribution in [3.8, 4) is 0 Å². The molecule has 2 N–H and O–H groups in total. The highest BCUT2D eigenvalue weighted by Gasteiger charge is 2.35. The number of methoxy groups -OCH3 is 1. The largest absolute Gasteiger partial charge is 0.370 e. The summed E-state index contributed by atoms with van der Waals surface area (Å²) in [7, 11) is 1.70. The predicted molar refractivity (Wildman–Crippen MR) is 77.3 cm³/mol. The monoisotopic (exact) mass is 281 g/mol. The van der Waals surface area contributed by atoms with E-state index < -0.39 is 5.60 Å². The first-order valence-corrected chi connectivity index (χ1v) is 7.74. The molecule has 5 heteroatoms. The minimum Gasteiger partial charge on any atom is -0.370 e. The lowest BCUT2D eigenvalue weighted by molar-refractivity contribution is -0.0306. The van der Waals surface area contributed by atoms with E-state index in [4.69, 9.17) is 15.0 Å². The molecular weight excluding hydrogens is 254 g/mol. The molecule has 1 aromatic heterocycles. The summed E-state index contributed by atoms with van der Waals surface area (Å²) in [5, 5.41) is 4.13. The highest BCUT2D eigenvalue weighted by Crippen LogP contribution is 2.32. The van der Waals surface area contributed by atoms with E-state index in [2.05, 4.69) is 24.0 Å². The molecule has 5 nitrogen and oxygen atoms in total. The van der Waals surface area contributed by atoms with Crippen LogP contribution in [0.2, 0.25) is 0 Å². The van der Waals surface area contributed by atoms with Gasteiger partial charge >= 0.3 is 0 Å². The molecule has 0 amide bonds. The second-order valence-electron chi connectivity index (χ2n) is 6.02. The van der Waals surface area contributed by atoms with Crippen molar-refractivity contribution < 1.29 is 9.26 Å². The normalized spacial score (nSPS) is 19.2. The molecule has 20 heavy (non-hydrogen) atoms. The lowest BCUT2D eigenvalue weighted by Crippen LogP contribution is -2.43. The molecule has 2 rings (SSSR count). The Labute approximate surface area is 121 Å². The summed E-state index contributed by atoms with van der Waals surface area (Å²) in [6, 6.07) is 0. The average Bonchev–Trinajstić information content (AvgIpc) is 2.90. The molecule has 0 unspecified atom stereocenters. The summed E-state index contributed by atoms with van der Waals surface area (Å²) in [6.45, 7) is 4.16. The maximum Gasteiger partial charge on any atom is 0.228 e. The number of aromatic nitrogens is 2. The van der Waals surface area contributed by atoms with E-state index in [0.29, 0.717) is 18.1 Å². The van der Waals surface area contributed by atoms with Gasteiger partial charge in [0.25, 0.3) is 0 Å². The third-order valence-electron chi connectivity index (χ3n) is 4.76. The van der Waals surface area contributed by atoms with Gasteiger partial charge in [-0.2, -0.15) is 4.98 Å². The van der Waals surface area contributed by atoms with Gasteiger partial charge in [-0.15, -0.1) is 0 Å². The SMILES string of the molecule is CCC(CC)(OC)c1noc(CC2(N)CCCCC2)n1. The maximum absolute atomic E-state index is 6.45. The van der Waals surface area contributed by atoms with E-state index in [1.165, 1.54) is 19.3 Å². The minimum atomic E-state index is -0.434. The second kappa shape index (κ2) is 6.22. The van der Waals surface area contributed by atoms with Crippen LogP contribution in [0, 0.1) is 0 Å². The van der Waals surface area contributed by atoms with E-state index in [1.807, 2.05) is 0 Å². The number of ether oxygens (including phenoxy) is 1. The van der Waals surface area contributed by atoms with Crippen molar-refractivity contribution in [2.24, 2.45) is 5.73 Å². The van der Waals surface area contributed by atoms with E-state index in [1.54, 1.807) is 7.11 Å². The fraction of sp³-hybridized carbons (Fsp3) is 0.867. The molecule has 0 spiro atoms. The van der Waals surface area contributed by atoms with Crippen LogP contribution in [0.4, 0.5) is 0 Å². The zero-order chi connectivity index (χ0) is 14.6. The first kappa shape index (κ1) is 15.4. The molecule has 1 saturated carbocycles. The molecule has 0 aromatic carbocycles. The Kier molecular flexibility index (Phi) is 4.81. The van der Waals surface area contributed by atoms with Gasteiger partial charge in [-0.25, -0.2) is 0 Å². The first-order chi connectivity index (χ1) is 9.57. The molecule has 1 fully saturated rings. The third kappa shape index (κ3) is 3.04. The zero-order valence-electron chi connectivity index (χ0n) is 12.9. The summed E-state index contributed by atoms with van der Waals surface area (Å²) in [5.41, 5.74) is 5.84. The molecule has 0 radical (unpaired) electrons. The van der Waals surface area contributed by atoms with Crippen molar-refractivity contribution in [1.82, 2.24) is 10.1 Å². The first-order valence-electron chi connectivity index (χ1n) is 7.74. The molecule has 0 saturated heterocycles. The molecule has 1 aromatic rings. The van der Waals surface area contributed by atoms with Crippen LogP contribution in [0.3, 0.4) is 0 Å². The number of rotatable bonds is 6. The van der Waals surface area contributed by atoms with Crippen LogP contribution in [-0.2, 0) is 16.8 Å². The smallest absolute Gasteiger partial charge is 0.228 e. The standard InChI is InChI=1S/C15H27N3O2/c1-4-15(5-2,19-3)13-17-12(20-18-13)11-14(16)9-7-6-8-10-14/h4-11,16H2,1-3H3. The lowest BCUT2D eigenvalue weighted by atomic mass is 9.80. The molecule has 0 bridgehead atoms. The van der Waals surface area contributed by atoms with Crippen LogP contribution in [0.1, 0.15) is 70.5 Å². The van der Waals surface area contributed by atoms with Gasteiger partial charge in [0.2, 0.25) is 11.7 Å². The van der Waals surface area contributed by atoms with E-state index in [-0.39, 0.29) is 5.54 Å². The van der Waals surface area contributed by atoms with Crippen LogP contribution in [0.25, 0.3) is 0 Å².